The van der Waals surface area contributed by atoms with Crippen LogP contribution in [-0.4, -0.2) is 6.04 Å². The molecule has 1 nitrogen and oxygen atoms in total. The second-order valence-electron chi connectivity index (χ2n) is 6.43. The van der Waals surface area contributed by atoms with E-state index in [1.54, 1.807) is 0 Å². The van der Waals surface area contributed by atoms with Crippen LogP contribution in [0.25, 0.3) is 10.8 Å². The van der Waals surface area contributed by atoms with Crippen LogP contribution in [-0.2, 0) is 6.54 Å². The van der Waals surface area contributed by atoms with Crippen molar-refractivity contribution in [3.05, 3.63) is 48.0 Å². The van der Waals surface area contributed by atoms with E-state index in [9.17, 15) is 0 Å². The highest BCUT2D eigenvalue weighted by Crippen LogP contribution is 2.29. The van der Waals surface area contributed by atoms with Crippen molar-refractivity contribution in [2.45, 2.75) is 45.7 Å². The van der Waals surface area contributed by atoms with Gasteiger partial charge in [0.25, 0.3) is 0 Å². The molecular formula is C19H25N. The average Bonchev–Trinajstić information content (AvgIpc) is 2.47. The van der Waals surface area contributed by atoms with Crippen LogP contribution in [0, 0.1) is 11.8 Å². The Hall–Kier alpha value is -1.34. The first kappa shape index (κ1) is 13.6. The van der Waals surface area contributed by atoms with Gasteiger partial charge in [-0.15, -0.1) is 0 Å². The molecular weight excluding hydrogens is 242 g/mol. The monoisotopic (exact) mass is 267 g/mol. The molecule has 1 saturated carbocycles. The number of benzene rings is 2. The summed E-state index contributed by atoms with van der Waals surface area (Å²) in [5.41, 5.74) is 1.42. The Morgan fingerprint density at radius 3 is 2.45 bits per heavy atom. The summed E-state index contributed by atoms with van der Waals surface area (Å²) in [6.45, 7) is 5.79. The lowest BCUT2D eigenvalue weighted by Crippen LogP contribution is -2.42. The molecule has 0 heterocycles. The normalized spacial score (nSPS) is 26.8. The van der Waals surface area contributed by atoms with Crippen molar-refractivity contribution in [3.8, 4) is 0 Å². The minimum atomic E-state index is 0.669. The van der Waals surface area contributed by atoms with Gasteiger partial charge in [0.2, 0.25) is 0 Å². The molecule has 20 heavy (non-hydrogen) atoms. The number of rotatable bonds is 3. The Morgan fingerprint density at radius 2 is 1.65 bits per heavy atom. The van der Waals surface area contributed by atoms with Crippen LogP contribution >= 0.6 is 0 Å². The van der Waals surface area contributed by atoms with Gasteiger partial charge in [-0.3, -0.25) is 0 Å². The minimum absolute atomic E-state index is 0.669. The van der Waals surface area contributed by atoms with Gasteiger partial charge in [-0.2, -0.15) is 0 Å². The summed E-state index contributed by atoms with van der Waals surface area (Å²) in [6.07, 6.45) is 4.14. The molecule has 3 rings (SSSR count). The van der Waals surface area contributed by atoms with Gasteiger partial charge in [-0.1, -0.05) is 62.7 Å². The van der Waals surface area contributed by atoms with E-state index in [1.165, 1.54) is 35.6 Å². The molecule has 2 atom stereocenters. The third-order valence-corrected chi connectivity index (χ3v) is 4.95. The van der Waals surface area contributed by atoms with Crippen LogP contribution in [0.5, 0.6) is 0 Å². The van der Waals surface area contributed by atoms with Gasteiger partial charge in [-0.05, 0) is 41.0 Å². The fraction of sp³-hybridized carbons (Fsp3) is 0.474. The Kier molecular flexibility index (Phi) is 4.07. The molecule has 0 amide bonds. The molecule has 0 radical (unpaired) electrons. The van der Waals surface area contributed by atoms with E-state index in [0.29, 0.717) is 6.04 Å². The fourth-order valence-corrected chi connectivity index (χ4v) is 3.76. The van der Waals surface area contributed by atoms with E-state index >= 15 is 0 Å². The molecule has 1 N–H and O–H groups in total. The SMILES string of the molecule is CC1CCCC(C)C1NCc1cccc2ccccc12. The van der Waals surface area contributed by atoms with Crippen molar-refractivity contribution in [1.29, 1.82) is 0 Å². The third-order valence-electron chi connectivity index (χ3n) is 4.95. The number of hydrogen-bond acceptors (Lipinski definition) is 1. The first-order chi connectivity index (χ1) is 9.75. The van der Waals surface area contributed by atoms with Crippen LogP contribution in [0.15, 0.2) is 42.5 Å². The molecule has 1 fully saturated rings. The molecule has 1 aliphatic carbocycles. The predicted octanol–water partition coefficient (Wildman–Crippen LogP) is 4.75. The number of hydrogen-bond donors (Lipinski definition) is 1. The molecule has 0 spiro atoms. The molecule has 2 aromatic carbocycles. The smallest absolute Gasteiger partial charge is 0.0214 e. The zero-order valence-corrected chi connectivity index (χ0v) is 12.6. The average molecular weight is 267 g/mol. The highest BCUT2D eigenvalue weighted by Gasteiger charge is 2.26. The maximum absolute atomic E-state index is 3.83. The molecule has 0 saturated heterocycles. The molecule has 0 aliphatic heterocycles. The Bertz CT molecular complexity index is 559. The van der Waals surface area contributed by atoms with Crippen LogP contribution < -0.4 is 5.32 Å². The van der Waals surface area contributed by atoms with Crippen molar-refractivity contribution >= 4 is 10.8 Å². The molecule has 106 valence electrons. The summed E-state index contributed by atoms with van der Waals surface area (Å²) in [4.78, 5) is 0. The lowest BCUT2D eigenvalue weighted by molar-refractivity contribution is 0.208. The highest BCUT2D eigenvalue weighted by molar-refractivity contribution is 5.85. The number of nitrogens with one attached hydrogen (secondary N) is 1. The standard InChI is InChI=1S/C19H25N/c1-14-7-5-8-15(2)19(14)20-13-17-11-6-10-16-9-3-4-12-18(16)17/h3-4,6,9-12,14-15,19-20H,5,7-8,13H2,1-2H3. The van der Waals surface area contributed by atoms with Gasteiger partial charge in [0.15, 0.2) is 0 Å². The van der Waals surface area contributed by atoms with E-state index in [-0.39, 0.29) is 0 Å². The van der Waals surface area contributed by atoms with Gasteiger partial charge in [0, 0.05) is 12.6 Å². The Labute approximate surface area is 122 Å². The van der Waals surface area contributed by atoms with Gasteiger partial charge in [0.1, 0.15) is 0 Å². The molecule has 2 aromatic rings. The van der Waals surface area contributed by atoms with Gasteiger partial charge in [-0.25, -0.2) is 0 Å². The lowest BCUT2D eigenvalue weighted by atomic mass is 9.78. The second-order valence-corrected chi connectivity index (χ2v) is 6.43. The van der Waals surface area contributed by atoms with E-state index in [1.807, 2.05) is 0 Å². The van der Waals surface area contributed by atoms with Crippen LogP contribution in [0.2, 0.25) is 0 Å². The first-order valence-electron chi connectivity index (χ1n) is 7.96. The Balaban J connectivity index is 1.76. The van der Waals surface area contributed by atoms with E-state index in [2.05, 4.69) is 61.6 Å². The summed E-state index contributed by atoms with van der Waals surface area (Å²) in [5, 5.41) is 6.56. The maximum Gasteiger partial charge on any atom is 0.0214 e. The molecule has 2 unspecified atom stereocenters. The van der Waals surface area contributed by atoms with Gasteiger partial charge < -0.3 is 5.32 Å². The molecule has 1 aliphatic rings. The second kappa shape index (κ2) is 5.97. The van der Waals surface area contributed by atoms with Crippen LogP contribution in [0.3, 0.4) is 0 Å². The first-order valence-corrected chi connectivity index (χ1v) is 7.96. The van der Waals surface area contributed by atoms with Crippen molar-refractivity contribution < 1.29 is 0 Å². The van der Waals surface area contributed by atoms with Crippen molar-refractivity contribution in [1.82, 2.24) is 5.32 Å². The zero-order chi connectivity index (χ0) is 13.9. The van der Waals surface area contributed by atoms with Crippen LogP contribution in [0.1, 0.15) is 38.7 Å². The maximum atomic E-state index is 3.83. The summed E-state index contributed by atoms with van der Waals surface area (Å²) < 4.78 is 0. The van der Waals surface area contributed by atoms with E-state index < -0.39 is 0 Å². The van der Waals surface area contributed by atoms with Crippen molar-refractivity contribution in [3.63, 3.8) is 0 Å². The van der Waals surface area contributed by atoms with Gasteiger partial charge >= 0.3 is 0 Å². The summed E-state index contributed by atoms with van der Waals surface area (Å²) in [7, 11) is 0. The Morgan fingerprint density at radius 1 is 0.950 bits per heavy atom. The minimum Gasteiger partial charge on any atom is -0.309 e. The summed E-state index contributed by atoms with van der Waals surface area (Å²) in [5.74, 6) is 1.60. The highest BCUT2D eigenvalue weighted by atomic mass is 14.9. The van der Waals surface area contributed by atoms with Crippen LogP contribution in [0.4, 0.5) is 0 Å². The van der Waals surface area contributed by atoms with E-state index in [4.69, 9.17) is 0 Å². The summed E-state index contributed by atoms with van der Waals surface area (Å²) in [6, 6.07) is 16.0. The van der Waals surface area contributed by atoms with Crippen molar-refractivity contribution in [2.75, 3.05) is 0 Å². The quantitative estimate of drug-likeness (QED) is 0.846. The number of fused-ring (bicyclic) bond motifs is 1. The fourth-order valence-electron chi connectivity index (χ4n) is 3.76. The largest absolute Gasteiger partial charge is 0.309 e. The lowest BCUT2D eigenvalue weighted by Gasteiger charge is -2.35. The molecule has 0 bridgehead atoms. The zero-order valence-electron chi connectivity index (χ0n) is 12.6. The molecule has 0 aromatic heterocycles. The molecule has 1 heteroatoms. The summed E-state index contributed by atoms with van der Waals surface area (Å²) >= 11 is 0. The topological polar surface area (TPSA) is 12.0 Å². The predicted molar refractivity (Wildman–Crippen MR) is 86.8 cm³/mol. The van der Waals surface area contributed by atoms with Gasteiger partial charge in [0.05, 0.1) is 0 Å². The third kappa shape index (κ3) is 2.73. The van der Waals surface area contributed by atoms with Crippen molar-refractivity contribution in [2.24, 2.45) is 11.8 Å². The van der Waals surface area contributed by atoms with E-state index in [0.717, 1.165) is 18.4 Å².